The lowest BCUT2D eigenvalue weighted by Gasteiger charge is -2.40. The summed E-state index contributed by atoms with van der Waals surface area (Å²) in [5.41, 5.74) is 3.13. The lowest BCUT2D eigenvalue weighted by atomic mass is 10.0. The molecule has 0 bridgehead atoms. The zero-order valence-corrected chi connectivity index (χ0v) is 31.6. The predicted octanol–water partition coefficient (Wildman–Crippen LogP) is 6.54. The van der Waals surface area contributed by atoms with Crippen molar-refractivity contribution < 1.29 is 23.8 Å². The van der Waals surface area contributed by atoms with Crippen molar-refractivity contribution in [2.45, 2.75) is 19.5 Å². The fourth-order valence-corrected chi connectivity index (χ4v) is 6.74. The van der Waals surface area contributed by atoms with Gasteiger partial charge in [-0.15, -0.1) is 0 Å². The number of rotatable bonds is 12. The molecule has 4 aromatic rings. The second-order valence-electron chi connectivity index (χ2n) is 12.6. The Bertz CT molecular complexity index is 1960. The monoisotopic (exact) mass is 761 g/mol. The summed E-state index contributed by atoms with van der Waals surface area (Å²) in [4.78, 5) is 48.6. The first-order valence-electron chi connectivity index (χ1n) is 16.9. The maximum Gasteiger partial charge on any atom is 0.331 e. The van der Waals surface area contributed by atoms with Crippen molar-refractivity contribution in [3.63, 3.8) is 0 Å². The molecule has 2 N–H and O–H groups in total. The number of halogens is 2. The molecule has 2 aromatic heterocycles. The van der Waals surface area contributed by atoms with Crippen LogP contribution in [0.2, 0.25) is 10.0 Å². The van der Waals surface area contributed by atoms with Crippen molar-refractivity contribution in [1.82, 2.24) is 19.9 Å². The number of nitrogens with one attached hydrogen (secondary N) is 2. The van der Waals surface area contributed by atoms with Gasteiger partial charge >= 0.3 is 6.03 Å². The van der Waals surface area contributed by atoms with Crippen LogP contribution in [0.3, 0.4) is 0 Å². The number of ether oxygens (including phenoxy) is 3. The van der Waals surface area contributed by atoms with Crippen LogP contribution in [0.25, 0.3) is 0 Å². The third-order valence-corrected chi connectivity index (χ3v) is 9.51. The normalized spacial score (nSPS) is 15.1. The Labute approximate surface area is 318 Å². The SMILES string of the molecule is COc1cc(OC)c(Cl)c(N2Cc3cnc(Nc4ccc(N5CCOCC5)cn4)nc3N(C(C)c3cccc(NC(=O)/C=C/CN(C)C)c3)C2=O)c1Cl. The van der Waals surface area contributed by atoms with Crippen LogP contribution >= 0.6 is 23.2 Å². The van der Waals surface area contributed by atoms with Gasteiger partial charge in [-0.1, -0.05) is 41.4 Å². The largest absolute Gasteiger partial charge is 0.495 e. The molecular formula is C37H41Cl2N9O5. The van der Waals surface area contributed by atoms with E-state index in [0.29, 0.717) is 42.6 Å². The maximum absolute atomic E-state index is 14.8. The van der Waals surface area contributed by atoms with Crippen molar-refractivity contribution in [3.05, 3.63) is 88.2 Å². The molecule has 1 unspecified atom stereocenters. The standard InChI is InChI=1S/C37H41Cl2N9O5/c1-23(24-8-6-9-26(18-24)42-31(49)10-7-13-45(2)3)48-35-25(22-47(37(48)50)34-32(38)28(51-4)19-29(52-5)33(34)39)20-41-36(44-35)43-30-12-11-27(21-40-30)46-14-16-53-17-15-46/h6-12,18-21,23H,13-17,22H2,1-5H3,(H,42,49)(H,40,41,43,44)/b10-7+. The molecule has 1 fully saturated rings. The number of pyridine rings is 1. The first kappa shape index (κ1) is 37.6. The summed E-state index contributed by atoms with van der Waals surface area (Å²) in [6.45, 7) is 5.48. The zero-order valence-electron chi connectivity index (χ0n) is 30.1. The summed E-state index contributed by atoms with van der Waals surface area (Å²) in [7, 11) is 6.78. The van der Waals surface area contributed by atoms with Gasteiger partial charge < -0.3 is 34.6 Å². The Morgan fingerprint density at radius 1 is 1.04 bits per heavy atom. The molecule has 1 atom stereocenters. The van der Waals surface area contributed by atoms with E-state index in [2.05, 4.69) is 25.5 Å². The van der Waals surface area contributed by atoms with Crippen LogP contribution in [0.1, 0.15) is 24.1 Å². The molecule has 6 rings (SSSR count). The van der Waals surface area contributed by atoms with Crippen LogP contribution in [0.5, 0.6) is 11.5 Å². The first-order chi connectivity index (χ1) is 25.6. The molecule has 3 amide bonds. The van der Waals surface area contributed by atoms with E-state index in [0.717, 1.165) is 24.3 Å². The van der Waals surface area contributed by atoms with E-state index in [9.17, 15) is 9.59 Å². The second-order valence-corrected chi connectivity index (χ2v) is 13.4. The summed E-state index contributed by atoms with van der Waals surface area (Å²) >= 11 is 13.7. The highest BCUT2D eigenvalue weighted by Gasteiger charge is 2.39. The molecule has 14 nitrogen and oxygen atoms in total. The predicted molar refractivity (Wildman–Crippen MR) is 207 cm³/mol. The minimum atomic E-state index is -0.594. The van der Waals surface area contributed by atoms with Gasteiger partial charge in [-0.05, 0) is 50.8 Å². The number of urea groups is 1. The number of anilines is 6. The minimum Gasteiger partial charge on any atom is -0.495 e. The van der Waals surface area contributed by atoms with Gasteiger partial charge in [-0.3, -0.25) is 14.6 Å². The summed E-state index contributed by atoms with van der Waals surface area (Å²) in [5, 5.41) is 6.37. The van der Waals surface area contributed by atoms with E-state index in [1.165, 1.54) is 25.2 Å². The third-order valence-electron chi connectivity index (χ3n) is 8.78. The molecule has 53 heavy (non-hydrogen) atoms. The lowest BCUT2D eigenvalue weighted by Crippen LogP contribution is -2.49. The van der Waals surface area contributed by atoms with Crippen LogP contribution in [0.15, 0.2) is 67.0 Å². The van der Waals surface area contributed by atoms with Gasteiger partial charge in [0.15, 0.2) is 0 Å². The van der Waals surface area contributed by atoms with Gasteiger partial charge in [0.05, 0.1) is 57.6 Å². The topological polar surface area (TPSA) is 138 Å². The fourth-order valence-electron chi connectivity index (χ4n) is 6.03. The van der Waals surface area contributed by atoms with Crippen LogP contribution in [-0.2, 0) is 16.1 Å². The first-order valence-corrected chi connectivity index (χ1v) is 17.7. The summed E-state index contributed by atoms with van der Waals surface area (Å²) in [5.74, 6) is 1.46. The molecule has 0 spiro atoms. The van der Waals surface area contributed by atoms with Gasteiger partial charge in [-0.25, -0.2) is 14.8 Å². The van der Waals surface area contributed by atoms with Gasteiger partial charge in [0, 0.05) is 49.2 Å². The highest BCUT2D eigenvalue weighted by Crippen LogP contribution is 2.48. The molecule has 0 aliphatic carbocycles. The number of fused-ring (bicyclic) bond motifs is 1. The Hall–Kier alpha value is -5.15. The maximum atomic E-state index is 14.8. The number of hydrogen-bond donors (Lipinski definition) is 2. The quantitative estimate of drug-likeness (QED) is 0.152. The highest BCUT2D eigenvalue weighted by molar-refractivity contribution is 6.42. The number of methoxy groups -OCH3 is 2. The van der Waals surface area contributed by atoms with E-state index in [4.69, 9.17) is 42.4 Å². The third kappa shape index (κ3) is 8.41. The number of morpholine rings is 1. The lowest BCUT2D eigenvalue weighted by molar-refractivity contribution is -0.111. The minimum absolute atomic E-state index is 0.0509. The van der Waals surface area contributed by atoms with E-state index in [-0.39, 0.29) is 45.6 Å². The molecule has 2 aromatic carbocycles. The number of likely N-dealkylation sites (N-methyl/N-ethyl adjacent to an activating group) is 1. The van der Waals surface area contributed by atoms with Gasteiger partial charge in [0.25, 0.3) is 0 Å². The van der Waals surface area contributed by atoms with Crippen molar-refractivity contribution in [3.8, 4) is 11.5 Å². The highest BCUT2D eigenvalue weighted by atomic mass is 35.5. The number of benzene rings is 2. The average Bonchev–Trinajstić information content (AvgIpc) is 3.15. The number of carbonyl (C=O) groups excluding carboxylic acids is 2. The average molecular weight is 763 g/mol. The number of carbonyl (C=O) groups is 2. The molecule has 278 valence electrons. The van der Waals surface area contributed by atoms with Crippen LogP contribution in [-0.4, -0.2) is 93.0 Å². The number of hydrogen-bond acceptors (Lipinski definition) is 11. The van der Waals surface area contributed by atoms with Crippen molar-refractivity contribution in [2.24, 2.45) is 0 Å². The Morgan fingerprint density at radius 3 is 2.43 bits per heavy atom. The number of aromatic nitrogens is 3. The molecule has 0 saturated carbocycles. The second kappa shape index (κ2) is 16.7. The Kier molecular flexibility index (Phi) is 11.8. The molecule has 2 aliphatic heterocycles. The Balaban J connectivity index is 1.36. The van der Waals surface area contributed by atoms with E-state index < -0.39 is 12.1 Å². The van der Waals surface area contributed by atoms with E-state index >= 15 is 0 Å². The van der Waals surface area contributed by atoms with Crippen LogP contribution in [0.4, 0.5) is 39.4 Å². The molecule has 1 saturated heterocycles. The molecule has 0 radical (unpaired) electrons. The summed E-state index contributed by atoms with van der Waals surface area (Å²) in [6.07, 6.45) is 6.72. The fraction of sp³-hybridized carbons (Fsp3) is 0.324. The summed E-state index contributed by atoms with van der Waals surface area (Å²) < 4.78 is 16.5. The van der Waals surface area contributed by atoms with Crippen molar-refractivity contribution >= 4 is 69.8 Å². The zero-order chi connectivity index (χ0) is 37.6. The van der Waals surface area contributed by atoms with E-state index in [1.54, 1.807) is 35.5 Å². The summed E-state index contributed by atoms with van der Waals surface area (Å²) in [6, 6.07) is 11.7. The molecule has 2 aliphatic rings. The van der Waals surface area contributed by atoms with Crippen LogP contribution in [0, 0.1) is 0 Å². The van der Waals surface area contributed by atoms with Crippen molar-refractivity contribution in [1.29, 1.82) is 0 Å². The van der Waals surface area contributed by atoms with Gasteiger partial charge in [0.1, 0.15) is 33.2 Å². The van der Waals surface area contributed by atoms with Gasteiger partial charge in [-0.2, -0.15) is 4.98 Å². The van der Waals surface area contributed by atoms with Crippen molar-refractivity contribution in [2.75, 3.05) is 86.5 Å². The number of nitrogens with zero attached hydrogens (tertiary/aromatic N) is 7. The molecule has 4 heterocycles. The molecular weight excluding hydrogens is 721 g/mol. The number of amides is 3. The van der Waals surface area contributed by atoms with Gasteiger partial charge in [0.2, 0.25) is 11.9 Å². The molecule has 16 heteroatoms. The van der Waals surface area contributed by atoms with E-state index in [1.807, 2.05) is 56.3 Å². The Morgan fingerprint density at radius 2 is 1.77 bits per heavy atom. The van der Waals surface area contributed by atoms with Crippen LogP contribution < -0.4 is 34.8 Å². The smallest absolute Gasteiger partial charge is 0.331 e.